The number of aliphatic hydroxyl groups excluding tert-OH is 2. The highest BCUT2D eigenvalue weighted by Gasteiger charge is 2.37. The number of hydrogen-bond acceptors (Lipinski definition) is 5. The van der Waals surface area contributed by atoms with E-state index in [0.29, 0.717) is 0 Å². The van der Waals surface area contributed by atoms with E-state index in [2.05, 4.69) is 0 Å². The van der Waals surface area contributed by atoms with Gasteiger partial charge in [0.2, 0.25) is 0 Å². The molecule has 0 bridgehead atoms. The molecule has 0 radical (unpaired) electrons. The van der Waals surface area contributed by atoms with Crippen molar-refractivity contribution in [3.8, 4) is 0 Å². The van der Waals surface area contributed by atoms with Crippen LogP contribution in [0.15, 0.2) is 0 Å². The monoisotopic (exact) mass is 176 g/mol. The predicted octanol–water partition coefficient (Wildman–Crippen LogP) is -1.98. The van der Waals surface area contributed by atoms with Crippen LogP contribution in [-0.2, 0) is 9.47 Å². The number of aliphatic hydroxyl groups is 2. The minimum absolute atomic E-state index is 0.145. The maximum atomic E-state index is 9.34. The van der Waals surface area contributed by atoms with Gasteiger partial charge in [0.15, 0.2) is 6.10 Å². The predicted molar refractivity (Wildman–Crippen MR) is 39.6 cm³/mol. The van der Waals surface area contributed by atoms with Crippen molar-refractivity contribution >= 4 is 6.02 Å². The molecule has 1 heterocycles. The Morgan fingerprint density at radius 1 is 1.75 bits per heavy atom. The Bertz CT molecular complexity index is 175. The molecule has 1 aliphatic rings. The summed E-state index contributed by atoms with van der Waals surface area (Å²) in [6, 6.07) is -0.457. The summed E-state index contributed by atoms with van der Waals surface area (Å²) in [5.41, 5.74) is 4.95. The Labute approximate surface area is 69.4 Å². The van der Waals surface area contributed by atoms with Gasteiger partial charge in [-0.1, -0.05) is 0 Å². The van der Waals surface area contributed by atoms with Gasteiger partial charge >= 0.3 is 0 Å². The van der Waals surface area contributed by atoms with Gasteiger partial charge in [-0.3, -0.25) is 5.41 Å². The Morgan fingerprint density at radius 3 is 2.83 bits per heavy atom. The van der Waals surface area contributed by atoms with Gasteiger partial charge in [0.1, 0.15) is 12.2 Å². The molecule has 1 saturated heterocycles. The highest BCUT2D eigenvalue weighted by Crippen LogP contribution is 2.16. The van der Waals surface area contributed by atoms with E-state index in [1.807, 2.05) is 0 Å². The Morgan fingerprint density at radius 2 is 2.42 bits per heavy atom. The maximum absolute atomic E-state index is 9.34. The van der Waals surface area contributed by atoms with Gasteiger partial charge in [-0.05, 0) is 0 Å². The summed E-state index contributed by atoms with van der Waals surface area (Å²) in [4.78, 5) is 0. The van der Waals surface area contributed by atoms with Crippen molar-refractivity contribution in [1.29, 1.82) is 5.41 Å². The molecule has 0 spiro atoms. The maximum Gasteiger partial charge on any atom is 0.279 e. The molecule has 1 aliphatic heterocycles. The van der Waals surface area contributed by atoms with E-state index in [1.165, 1.54) is 0 Å². The minimum Gasteiger partial charge on any atom is -0.457 e. The standard InChI is InChI=1S/C6H12N2O4/c7-6(8)12-4-2-11-3(1-9)5(4)10/h3-5,9-10H,1-2H2,(H3,7,8)/t3-,4-,5?/m0/s1. The van der Waals surface area contributed by atoms with Gasteiger partial charge in [-0.25, -0.2) is 0 Å². The van der Waals surface area contributed by atoms with E-state index in [9.17, 15) is 5.11 Å². The van der Waals surface area contributed by atoms with Gasteiger partial charge in [-0.2, -0.15) is 0 Å². The molecule has 1 fully saturated rings. The van der Waals surface area contributed by atoms with E-state index in [-0.39, 0.29) is 13.2 Å². The first kappa shape index (κ1) is 9.24. The van der Waals surface area contributed by atoms with Crippen molar-refractivity contribution in [3.63, 3.8) is 0 Å². The zero-order valence-corrected chi connectivity index (χ0v) is 6.43. The van der Waals surface area contributed by atoms with E-state index in [4.69, 9.17) is 25.7 Å². The van der Waals surface area contributed by atoms with E-state index < -0.39 is 24.3 Å². The topological polar surface area (TPSA) is 109 Å². The average molecular weight is 176 g/mol. The van der Waals surface area contributed by atoms with Crippen LogP contribution in [-0.4, -0.2) is 47.8 Å². The fraction of sp³-hybridized carbons (Fsp3) is 0.833. The van der Waals surface area contributed by atoms with Gasteiger partial charge in [0, 0.05) is 0 Å². The Hall–Kier alpha value is -0.850. The fourth-order valence-electron chi connectivity index (χ4n) is 1.08. The van der Waals surface area contributed by atoms with E-state index >= 15 is 0 Å². The van der Waals surface area contributed by atoms with Crippen LogP contribution in [0.3, 0.4) is 0 Å². The Kier molecular flexibility index (Phi) is 2.85. The molecule has 70 valence electrons. The lowest BCUT2D eigenvalue weighted by molar-refractivity contribution is -0.00461. The van der Waals surface area contributed by atoms with Crippen LogP contribution in [0.2, 0.25) is 0 Å². The van der Waals surface area contributed by atoms with Crippen molar-refractivity contribution in [1.82, 2.24) is 0 Å². The van der Waals surface area contributed by atoms with E-state index in [0.717, 1.165) is 0 Å². The summed E-state index contributed by atoms with van der Waals surface area (Å²) in [7, 11) is 0. The highest BCUT2D eigenvalue weighted by atomic mass is 16.6. The summed E-state index contributed by atoms with van der Waals surface area (Å²) in [5, 5.41) is 24.8. The first-order valence-corrected chi connectivity index (χ1v) is 3.56. The molecule has 0 aliphatic carbocycles. The third-order valence-corrected chi connectivity index (χ3v) is 1.69. The van der Waals surface area contributed by atoms with Gasteiger partial charge < -0.3 is 25.4 Å². The molecule has 5 N–H and O–H groups in total. The van der Waals surface area contributed by atoms with Crippen molar-refractivity contribution in [2.24, 2.45) is 5.73 Å². The molecular formula is C6H12N2O4. The zero-order valence-electron chi connectivity index (χ0n) is 6.43. The zero-order chi connectivity index (χ0) is 9.14. The number of ether oxygens (including phenoxy) is 2. The second-order valence-electron chi connectivity index (χ2n) is 2.57. The molecule has 0 aromatic rings. The van der Waals surface area contributed by atoms with Crippen molar-refractivity contribution in [2.45, 2.75) is 18.3 Å². The molecule has 6 nitrogen and oxygen atoms in total. The SMILES string of the molecule is N=C(N)O[C@H]1CO[C@@H](CO)C1O. The number of rotatable bonds is 2. The third kappa shape index (κ3) is 1.84. The van der Waals surface area contributed by atoms with Crippen LogP contribution in [0, 0.1) is 5.41 Å². The van der Waals surface area contributed by atoms with Crippen LogP contribution < -0.4 is 5.73 Å². The van der Waals surface area contributed by atoms with Gasteiger partial charge in [-0.15, -0.1) is 0 Å². The molecule has 6 heteroatoms. The van der Waals surface area contributed by atoms with Crippen molar-refractivity contribution in [2.75, 3.05) is 13.2 Å². The minimum atomic E-state index is -0.918. The molecule has 12 heavy (non-hydrogen) atoms. The van der Waals surface area contributed by atoms with Gasteiger partial charge in [0.05, 0.1) is 13.2 Å². The second-order valence-corrected chi connectivity index (χ2v) is 2.57. The lowest BCUT2D eigenvalue weighted by Gasteiger charge is -2.15. The quantitative estimate of drug-likeness (QED) is 0.288. The Balaban J connectivity index is 2.43. The van der Waals surface area contributed by atoms with Crippen LogP contribution >= 0.6 is 0 Å². The highest BCUT2D eigenvalue weighted by molar-refractivity contribution is 5.67. The molecule has 0 aromatic heterocycles. The molecule has 0 amide bonds. The average Bonchev–Trinajstić information content (AvgIpc) is 2.32. The van der Waals surface area contributed by atoms with Gasteiger partial charge in [0.25, 0.3) is 6.02 Å². The first-order valence-electron chi connectivity index (χ1n) is 3.56. The third-order valence-electron chi connectivity index (χ3n) is 1.69. The lowest BCUT2D eigenvalue weighted by Crippen LogP contribution is -2.36. The molecular weight excluding hydrogens is 164 g/mol. The van der Waals surface area contributed by atoms with Crippen LogP contribution in [0.4, 0.5) is 0 Å². The second kappa shape index (κ2) is 3.70. The summed E-state index contributed by atoms with van der Waals surface area (Å²) >= 11 is 0. The molecule has 3 atom stereocenters. The first-order chi connectivity index (χ1) is 5.65. The van der Waals surface area contributed by atoms with Crippen LogP contribution in [0.1, 0.15) is 0 Å². The smallest absolute Gasteiger partial charge is 0.279 e. The van der Waals surface area contributed by atoms with Crippen molar-refractivity contribution < 1.29 is 19.7 Å². The number of hydrogen-bond donors (Lipinski definition) is 4. The molecule has 1 rings (SSSR count). The van der Waals surface area contributed by atoms with Crippen LogP contribution in [0.5, 0.6) is 0 Å². The van der Waals surface area contributed by atoms with Crippen molar-refractivity contribution in [3.05, 3.63) is 0 Å². The molecule has 1 unspecified atom stereocenters. The lowest BCUT2D eigenvalue weighted by atomic mass is 10.1. The van der Waals surface area contributed by atoms with E-state index in [1.54, 1.807) is 0 Å². The summed E-state index contributed by atoms with van der Waals surface area (Å²) < 4.78 is 9.68. The molecule has 0 saturated carbocycles. The fourth-order valence-corrected chi connectivity index (χ4v) is 1.08. The normalized spacial score (nSPS) is 35.0. The largest absolute Gasteiger partial charge is 0.457 e. The number of nitrogens with two attached hydrogens (primary N) is 1. The summed E-state index contributed by atoms with van der Waals surface area (Å²) in [6.45, 7) is -0.120. The molecule has 0 aromatic carbocycles. The number of nitrogens with one attached hydrogen (secondary N) is 1. The summed E-state index contributed by atoms with van der Waals surface area (Å²) in [5.74, 6) is 0. The number of amidine groups is 1. The van der Waals surface area contributed by atoms with Crippen LogP contribution in [0.25, 0.3) is 0 Å². The summed E-state index contributed by atoms with van der Waals surface area (Å²) in [6.07, 6.45) is -2.19.